The summed E-state index contributed by atoms with van der Waals surface area (Å²) < 4.78 is 17.0. The minimum atomic E-state index is -0.311. The van der Waals surface area contributed by atoms with E-state index in [-0.39, 0.29) is 6.67 Å². The van der Waals surface area contributed by atoms with E-state index in [1.165, 1.54) is 0 Å². The molecule has 0 radical (unpaired) electrons. The second kappa shape index (κ2) is 8.61. The van der Waals surface area contributed by atoms with Crippen LogP contribution in [0.2, 0.25) is 0 Å². The fourth-order valence-corrected chi connectivity index (χ4v) is 2.34. The van der Waals surface area contributed by atoms with Crippen LogP contribution in [0, 0.1) is 0 Å². The van der Waals surface area contributed by atoms with Gasteiger partial charge in [0, 0.05) is 51.9 Å². The van der Waals surface area contributed by atoms with Crippen LogP contribution in [-0.2, 0) is 6.54 Å². The first-order chi connectivity index (χ1) is 10.3. The minimum Gasteiger partial charge on any atom is -0.364 e. The van der Waals surface area contributed by atoms with Crippen LogP contribution >= 0.6 is 0 Å². The molecule has 0 spiro atoms. The maximum atomic E-state index is 12.2. The molecule has 21 heavy (non-hydrogen) atoms. The Morgan fingerprint density at radius 1 is 1.43 bits per heavy atom. The molecule has 0 amide bonds. The summed E-state index contributed by atoms with van der Waals surface area (Å²) in [5, 5.41) is 7.22. The van der Waals surface area contributed by atoms with Gasteiger partial charge < -0.3 is 14.7 Å². The quantitative estimate of drug-likeness (QED) is 0.484. The van der Waals surface area contributed by atoms with Gasteiger partial charge in [-0.3, -0.25) is 14.3 Å². The van der Waals surface area contributed by atoms with Crippen molar-refractivity contribution < 1.29 is 8.91 Å². The van der Waals surface area contributed by atoms with E-state index >= 15 is 0 Å². The van der Waals surface area contributed by atoms with Gasteiger partial charge in [0.2, 0.25) is 0 Å². The standard InChI is InChI=1S/C14H24FN5O/c1-2-16-14(17-6-3-5-15)20-9-7-19(8-10-20)12-13-4-11-21-18-13/h4,11H,2-3,5-10,12H2,1H3,(H,16,17). The van der Waals surface area contributed by atoms with E-state index in [2.05, 4.69) is 25.3 Å². The van der Waals surface area contributed by atoms with Gasteiger partial charge in [0.15, 0.2) is 5.96 Å². The molecule has 1 aromatic rings. The largest absolute Gasteiger partial charge is 0.364 e. The molecule has 0 saturated carbocycles. The third-order valence-electron chi connectivity index (χ3n) is 3.44. The molecule has 0 aromatic carbocycles. The summed E-state index contributed by atoms with van der Waals surface area (Å²) in [6.07, 6.45) is 2.09. The first-order valence-electron chi connectivity index (χ1n) is 7.54. The van der Waals surface area contributed by atoms with E-state index in [0.29, 0.717) is 13.0 Å². The number of nitrogens with one attached hydrogen (secondary N) is 1. The summed E-state index contributed by atoms with van der Waals surface area (Å²) in [6, 6.07) is 1.90. The Kier molecular flexibility index (Phi) is 6.46. The molecule has 7 heteroatoms. The Hall–Kier alpha value is -1.63. The summed E-state index contributed by atoms with van der Waals surface area (Å²) in [4.78, 5) is 9.06. The van der Waals surface area contributed by atoms with E-state index < -0.39 is 0 Å². The highest BCUT2D eigenvalue weighted by atomic mass is 19.1. The van der Waals surface area contributed by atoms with Crippen molar-refractivity contribution in [3.63, 3.8) is 0 Å². The Bertz CT molecular complexity index is 415. The lowest BCUT2D eigenvalue weighted by molar-refractivity contribution is 0.169. The third kappa shape index (κ3) is 5.00. The predicted molar refractivity (Wildman–Crippen MR) is 79.9 cm³/mol. The molecule has 1 N–H and O–H groups in total. The first kappa shape index (κ1) is 15.8. The number of hydrogen-bond donors (Lipinski definition) is 1. The average Bonchev–Trinajstić information content (AvgIpc) is 3.00. The molecule has 2 rings (SSSR count). The van der Waals surface area contributed by atoms with Crippen LogP contribution in [0.3, 0.4) is 0 Å². The second-order valence-corrected chi connectivity index (χ2v) is 5.03. The molecule has 0 bridgehead atoms. The van der Waals surface area contributed by atoms with E-state index in [9.17, 15) is 4.39 Å². The lowest BCUT2D eigenvalue weighted by Gasteiger charge is -2.36. The van der Waals surface area contributed by atoms with Crippen LogP contribution in [-0.4, -0.2) is 66.9 Å². The molecular weight excluding hydrogens is 273 g/mol. The lowest BCUT2D eigenvalue weighted by Crippen LogP contribution is -2.52. The zero-order valence-corrected chi connectivity index (χ0v) is 12.6. The van der Waals surface area contributed by atoms with Gasteiger partial charge >= 0.3 is 0 Å². The number of nitrogens with zero attached hydrogens (tertiary/aromatic N) is 4. The predicted octanol–water partition coefficient (Wildman–Crippen LogP) is 1.12. The normalized spacial score (nSPS) is 17.2. The zero-order valence-electron chi connectivity index (χ0n) is 12.6. The van der Waals surface area contributed by atoms with Crippen molar-refractivity contribution in [3.8, 4) is 0 Å². The number of hydrogen-bond acceptors (Lipinski definition) is 4. The van der Waals surface area contributed by atoms with Gasteiger partial charge in [-0.15, -0.1) is 0 Å². The summed E-state index contributed by atoms with van der Waals surface area (Å²) >= 11 is 0. The molecule has 0 aliphatic carbocycles. The fraction of sp³-hybridized carbons (Fsp3) is 0.714. The molecule has 1 aromatic heterocycles. The maximum Gasteiger partial charge on any atom is 0.194 e. The number of rotatable bonds is 6. The topological polar surface area (TPSA) is 56.9 Å². The van der Waals surface area contributed by atoms with Gasteiger partial charge in [0.05, 0.1) is 12.4 Å². The van der Waals surface area contributed by atoms with Crippen molar-refractivity contribution in [1.82, 2.24) is 20.3 Å². The molecule has 1 fully saturated rings. The summed E-state index contributed by atoms with van der Waals surface area (Å²) in [7, 11) is 0. The zero-order chi connectivity index (χ0) is 14.9. The summed E-state index contributed by atoms with van der Waals surface area (Å²) in [6.45, 7) is 7.67. The molecule has 1 aliphatic rings. The van der Waals surface area contributed by atoms with Crippen molar-refractivity contribution >= 4 is 5.96 Å². The molecular formula is C14H24FN5O. The number of guanidine groups is 1. The third-order valence-corrected chi connectivity index (χ3v) is 3.44. The smallest absolute Gasteiger partial charge is 0.194 e. The summed E-state index contributed by atoms with van der Waals surface area (Å²) in [5.74, 6) is 0.895. The van der Waals surface area contributed by atoms with Gasteiger partial charge in [-0.1, -0.05) is 5.16 Å². The number of alkyl halides is 1. The van der Waals surface area contributed by atoms with Crippen molar-refractivity contribution in [1.29, 1.82) is 0 Å². The van der Waals surface area contributed by atoms with Crippen molar-refractivity contribution in [3.05, 3.63) is 18.0 Å². The highest BCUT2D eigenvalue weighted by Crippen LogP contribution is 2.07. The van der Waals surface area contributed by atoms with Crippen LogP contribution < -0.4 is 5.32 Å². The van der Waals surface area contributed by atoms with Crippen molar-refractivity contribution in [2.45, 2.75) is 19.9 Å². The lowest BCUT2D eigenvalue weighted by atomic mass is 10.3. The molecule has 6 nitrogen and oxygen atoms in total. The first-order valence-corrected chi connectivity index (χ1v) is 7.54. The van der Waals surface area contributed by atoms with Crippen LogP contribution in [0.5, 0.6) is 0 Å². The molecule has 0 atom stereocenters. The Balaban J connectivity index is 1.81. The van der Waals surface area contributed by atoms with Crippen LogP contribution in [0.1, 0.15) is 19.0 Å². The molecule has 1 aliphatic heterocycles. The highest BCUT2D eigenvalue weighted by molar-refractivity contribution is 5.80. The van der Waals surface area contributed by atoms with Crippen LogP contribution in [0.4, 0.5) is 4.39 Å². The van der Waals surface area contributed by atoms with E-state index in [1.807, 2.05) is 13.0 Å². The number of piperazine rings is 1. The van der Waals surface area contributed by atoms with E-state index in [0.717, 1.165) is 50.9 Å². The van der Waals surface area contributed by atoms with Crippen molar-refractivity contribution in [2.24, 2.45) is 4.99 Å². The number of aliphatic imine (C=N–C) groups is 1. The molecule has 1 saturated heterocycles. The van der Waals surface area contributed by atoms with Gasteiger partial charge in [-0.05, 0) is 13.3 Å². The van der Waals surface area contributed by atoms with Crippen molar-refractivity contribution in [2.75, 3.05) is 45.9 Å². The highest BCUT2D eigenvalue weighted by Gasteiger charge is 2.20. The fourth-order valence-electron chi connectivity index (χ4n) is 2.34. The van der Waals surface area contributed by atoms with E-state index in [4.69, 9.17) is 4.52 Å². The number of halogens is 1. The van der Waals surface area contributed by atoms with Crippen LogP contribution in [0.15, 0.2) is 21.8 Å². The summed E-state index contributed by atoms with van der Waals surface area (Å²) in [5.41, 5.74) is 0.965. The molecule has 2 heterocycles. The van der Waals surface area contributed by atoms with Gasteiger partial charge in [-0.2, -0.15) is 0 Å². The van der Waals surface area contributed by atoms with E-state index in [1.54, 1.807) is 6.26 Å². The minimum absolute atomic E-state index is 0.311. The average molecular weight is 297 g/mol. The molecule has 0 unspecified atom stereocenters. The number of aromatic nitrogens is 1. The monoisotopic (exact) mass is 297 g/mol. The van der Waals surface area contributed by atoms with Gasteiger partial charge in [0.25, 0.3) is 0 Å². The SMILES string of the molecule is CCNC(=NCCCF)N1CCN(Cc2ccon2)CC1. The molecule has 118 valence electrons. The van der Waals surface area contributed by atoms with Crippen LogP contribution in [0.25, 0.3) is 0 Å². The van der Waals surface area contributed by atoms with Gasteiger partial charge in [0.1, 0.15) is 6.26 Å². The Morgan fingerprint density at radius 3 is 2.86 bits per heavy atom. The Morgan fingerprint density at radius 2 is 2.24 bits per heavy atom. The second-order valence-electron chi connectivity index (χ2n) is 5.03. The van der Waals surface area contributed by atoms with Gasteiger partial charge in [-0.25, -0.2) is 0 Å². The Labute approximate surface area is 125 Å². The maximum absolute atomic E-state index is 12.2.